The van der Waals surface area contributed by atoms with E-state index in [1.165, 1.54) is 0 Å². The average molecular weight is 209 g/mol. The Balaban J connectivity index is 2.73. The molecule has 1 aromatic rings. The average Bonchev–Trinajstić information content (AvgIpc) is 2.06. The number of rotatable bonds is 2. The highest BCUT2D eigenvalue weighted by Gasteiger charge is 2.27. The van der Waals surface area contributed by atoms with Gasteiger partial charge in [-0.15, -0.1) is 0 Å². The van der Waals surface area contributed by atoms with Gasteiger partial charge >= 0.3 is 6.18 Å². The quantitative estimate of drug-likeness (QED) is 0.654. The highest BCUT2D eigenvalue weighted by Crippen LogP contribution is 2.24. The summed E-state index contributed by atoms with van der Waals surface area (Å²) < 4.78 is 60.5. The van der Waals surface area contributed by atoms with Gasteiger partial charge in [-0.2, -0.15) is 13.2 Å². The van der Waals surface area contributed by atoms with Crippen LogP contribution in [-0.2, 0) is 0 Å². The summed E-state index contributed by atoms with van der Waals surface area (Å²) in [7, 11) is 0. The van der Waals surface area contributed by atoms with E-state index in [2.05, 4.69) is 0 Å². The lowest BCUT2D eigenvalue weighted by Crippen LogP contribution is -2.08. The van der Waals surface area contributed by atoms with E-state index in [9.17, 15) is 22.0 Å². The summed E-state index contributed by atoms with van der Waals surface area (Å²) in [5.74, 6) is -2.40. The zero-order valence-corrected chi connectivity index (χ0v) is 6.91. The van der Waals surface area contributed by atoms with Gasteiger partial charge in [-0.1, -0.05) is 12.1 Å². The second kappa shape index (κ2) is 3.94. The van der Waals surface area contributed by atoms with Crippen molar-refractivity contribution in [3.8, 4) is 0 Å². The minimum Gasteiger partial charge on any atom is -0.204 e. The van der Waals surface area contributed by atoms with Crippen molar-refractivity contribution >= 4 is 0 Å². The largest absolute Gasteiger partial charge is 0.389 e. The van der Waals surface area contributed by atoms with Gasteiger partial charge in [0, 0.05) is 6.42 Å². The molecule has 0 heterocycles. The molecule has 0 saturated heterocycles. The predicted octanol–water partition coefficient (Wildman–Crippen LogP) is 3.47. The van der Waals surface area contributed by atoms with Crippen LogP contribution in [0, 0.1) is 18.1 Å². The van der Waals surface area contributed by atoms with Gasteiger partial charge in [0.15, 0.2) is 11.6 Å². The van der Waals surface area contributed by atoms with Crippen LogP contribution in [0.4, 0.5) is 22.0 Å². The molecule has 77 valence electrons. The van der Waals surface area contributed by atoms with Crippen LogP contribution in [0.15, 0.2) is 18.2 Å². The second-order valence-corrected chi connectivity index (χ2v) is 2.67. The lowest BCUT2D eigenvalue weighted by atomic mass is 10.1. The van der Waals surface area contributed by atoms with Gasteiger partial charge in [0.2, 0.25) is 0 Å². The van der Waals surface area contributed by atoms with E-state index in [4.69, 9.17) is 0 Å². The highest BCUT2D eigenvalue weighted by atomic mass is 19.4. The maximum absolute atomic E-state index is 12.8. The molecule has 5 heteroatoms. The molecule has 0 fully saturated rings. The predicted molar refractivity (Wildman–Crippen MR) is 40.4 cm³/mol. The summed E-state index contributed by atoms with van der Waals surface area (Å²) in [6.07, 6.45) is -5.06. The van der Waals surface area contributed by atoms with E-state index in [-0.39, 0.29) is 5.56 Å². The molecule has 0 amide bonds. The van der Waals surface area contributed by atoms with Gasteiger partial charge in [0.25, 0.3) is 0 Å². The minimum atomic E-state index is -4.40. The lowest BCUT2D eigenvalue weighted by molar-refractivity contribution is -0.127. The standard InChI is InChI=1S/C9H6F5/c10-7-3-1-2-6(8(7)11)4-5-9(12,13)14/h1-4H,5H2. The van der Waals surface area contributed by atoms with E-state index >= 15 is 0 Å². The molecule has 0 atom stereocenters. The first-order chi connectivity index (χ1) is 6.40. The molecule has 1 radical (unpaired) electrons. The Morgan fingerprint density at radius 1 is 1.14 bits per heavy atom. The number of halogens is 5. The Morgan fingerprint density at radius 3 is 2.36 bits per heavy atom. The summed E-state index contributed by atoms with van der Waals surface area (Å²) in [5, 5.41) is 0. The van der Waals surface area contributed by atoms with E-state index in [0.29, 0.717) is 6.42 Å². The minimum absolute atomic E-state index is 0.373. The molecule has 0 aliphatic rings. The highest BCUT2D eigenvalue weighted by molar-refractivity contribution is 5.25. The molecule has 1 aromatic carbocycles. The molecule has 0 bridgehead atoms. The first-order valence-corrected chi connectivity index (χ1v) is 3.74. The van der Waals surface area contributed by atoms with Crippen molar-refractivity contribution in [2.24, 2.45) is 0 Å². The lowest BCUT2D eigenvalue weighted by Gasteiger charge is -2.06. The van der Waals surface area contributed by atoms with Crippen LogP contribution >= 0.6 is 0 Å². The Kier molecular flexibility index (Phi) is 3.08. The summed E-state index contributed by atoms with van der Waals surface area (Å²) in [6, 6.07) is 3.09. The van der Waals surface area contributed by atoms with E-state index < -0.39 is 24.2 Å². The van der Waals surface area contributed by atoms with Crippen molar-refractivity contribution in [2.45, 2.75) is 12.6 Å². The van der Waals surface area contributed by atoms with Crippen LogP contribution in [0.2, 0.25) is 0 Å². The zero-order valence-electron chi connectivity index (χ0n) is 6.91. The zero-order chi connectivity index (χ0) is 10.8. The van der Waals surface area contributed by atoms with Crippen LogP contribution < -0.4 is 0 Å². The van der Waals surface area contributed by atoms with Crippen molar-refractivity contribution in [2.75, 3.05) is 0 Å². The van der Waals surface area contributed by atoms with Gasteiger partial charge in [0.1, 0.15) is 0 Å². The maximum atomic E-state index is 12.8. The van der Waals surface area contributed by atoms with Crippen LogP contribution in [0.25, 0.3) is 0 Å². The monoisotopic (exact) mass is 209 g/mol. The Bertz CT molecular complexity index is 315. The molecular weight excluding hydrogens is 203 g/mol. The number of benzene rings is 1. The normalized spacial score (nSPS) is 11.8. The van der Waals surface area contributed by atoms with Crippen LogP contribution in [0.5, 0.6) is 0 Å². The van der Waals surface area contributed by atoms with Gasteiger partial charge in [-0.3, -0.25) is 0 Å². The van der Waals surface area contributed by atoms with E-state index in [1.807, 2.05) is 0 Å². The van der Waals surface area contributed by atoms with Crippen molar-refractivity contribution < 1.29 is 22.0 Å². The van der Waals surface area contributed by atoms with Crippen molar-refractivity contribution in [3.63, 3.8) is 0 Å². The second-order valence-electron chi connectivity index (χ2n) is 2.67. The van der Waals surface area contributed by atoms with Crippen molar-refractivity contribution in [3.05, 3.63) is 41.8 Å². The van der Waals surface area contributed by atoms with E-state index in [1.54, 1.807) is 0 Å². The molecule has 0 aliphatic carbocycles. The third-order valence-electron chi connectivity index (χ3n) is 1.53. The SMILES string of the molecule is Fc1cccc([CH]CC(F)(F)F)c1F. The smallest absolute Gasteiger partial charge is 0.204 e. The first kappa shape index (κ1) is 10.9. The Labute approximate surface area is 77.4 Å². The molecule has 0 saturated carbocycles. The van der Waals surface area contributed by atoms with Gasteiger partial charge in [0.05, 0.1) is 6.42 Å². The number of hydrogen-bond donors (Lipinski definition) is 0. The third-order valence-corrected chi connectivity index (χ3v) is 1.53. The summed E-state index contributed by atoms with van der Waals surface area (Å²) in [6.45, 7) is 0. The molecule has 0 nitrogen and oxygen atoms in total. The van der Waals surface area contributed by atoms with Crippen LogP contribution in [0.3, 0.4) is 0 Å². The topological polar surface area (TPSA) is 0 Å². The molecule has 0 N–H and O–H groups in total. The van der Waals surface area contributed by atoms with Crippen molar-refractivity contribution in [1.82, 2.24) is 0 Å². The molecular formula is C9H6F5. The van der Waals surface area contributed by atoms with Gasteiger partial charge in [-0.05, 0) is 11.6 Å². The Morgan fingerprint density at radius 2 is 1.79 bits per heavy atom. The fourth-order valence-corrected chi connectivity index (χ4v) is 0.904. The number of hydrogen-bond acceptors (Lipinski definition) is 0. The summed E-state index contributed by atoms with van der Waals surface area (Å²) in [4.78, 5) is 0. The fraction of sp³-hybridized carbons (Fsp3) is 0.222. The van der Waals surface area contributed by atoms with Crippen molar-refractivity contribution in [1.29, 1.82) is 0 Å². The number of alkyl halides is 3. The van der Waals surface area contributed by atoms with Crippen LogP contribution in [0.1, 0.15) is 12.0 Å². The summed E-state index contributed by atoms with van der Waals surface area (Å²) in [5.41, 5.74) is -0.373. The molecule has 0 unspecified atom stereocenters. The fourth-order valence-electron chi connectivity index (χ4n) is 0.904. The summed E-state index contributed by atoms with van der Waals surface area (Å²) >= 11 is 0. The maximum Gasteiger partial charge on any atom is 0.389 e. The van der Waals surface area contributed by atoms with E-state index in [0.717, 1.165) is 18.2 Å². The molecule has 0 aromatic heterocycles. The first-order valence-electron chi connectivity index (χ1n) is 3.74. The van der Waals surface area contributed by atoms with Gasteiger partial charge < -0.3 is 0 Å². The molecule has 0 spiro atoms. The third kappa shape index (κ3) is 2.97. The molecule has 1 rings (SSSR count). The van der Waals surface area contributed by atoms with Gasteiger partial charge in [-0.25, -0.2) is 8.78 Å². The Hall–Kier alpha value is -1.13. The molecule has 0 aliphatic heterocycles. The molecule has 14 heavy (non-hydrogen) atoms. The van der Waals surface area contributed by atoms with Crippen LogP contribution in [-0.4, -0.2) is 6.18 Å².